The highest BCUT2D eigenvalue weighted by molar-refractivity contribution is 5.78. The fourth-order valence-corrected chi connectivity index (χ4v) is 5.56. The number of carbonyl (C=O) groups excluding carboxylic acids is 1. The Hall–Kier alpha value is -1.79. The molecule has 0 spiro atoms. The summed E-state index contributed by atoms with van der Waals surface area (Å²) in [5, 5.41) is 0. The van der Waals surface area contributed by atoms with Crippen LogP contribution in [0.15, 0.2) is 18.2 Å². The van der Waals surface area contributed by atoms with E-state index < -0.39 is 0 Å². The minimum atomic E-state index is 0.317. The first-order valence-electron chi connectivity index (χ1n) is 11.4. The number of piperazine rings is 1. The molecule has 2 atom stereocenters. The summed E-state index contributed by atoms with van der Waals surface area (Å²) < 4.78 is 10.9. The molecule has 6 nitrogen and oxygen atoms in total. The van der Waals surface area contributed by atoms with Crippen molar-refractivity contribution in [3.63, 3.8) is 0 Å². The largest absolute Gasteiger partial charge is 0.454 e. The van der Waals surface area contributed by atoms with Gasteiger partial charge in [0.1, 0.15) is 0 Å². The molecule has 6 heteroatoms. The molecule has 0 aromatic heterocycles. The van der Waals surface area contributed by atoms with Gasteiger partial charge < -0.3 is 14.4 Å². The molecule has 1 aliphatic carbocycles. The Morgan fingerprint density at radius 1 is 0.897 bits per heavy atom. The van der Waals surface area contributed by atoms with Gasteiger partial charge in [-0.3, -0.25) is 14.6 Å². The number of hydrogen-bond acceptors (Lipinski definition) is 5. The standard InChI is InChI=1S/C23H33N3O3/c27-23(16-25-8-7-19-3-1-2-4-20(19)15-25)26-11-9-24(10-12-26)14-18-5-6-21-22(13-18)29-17-28-21/h5-6,13,19-20H,1-4,7-12,14-17H2/t19-,20+/m0/s1. The minimum Gasteiger partial charge on any atom is -0.454 e. The van der Waals surface area contributed by atoms with Crippen LogP contribution >= 0.6 is 0 Å². The molecule has 5 rings (SSSR count). The number of amides is 1. The van der Waals surface area contributed by atoms with E-state index in [0.717, 1.165) is 69.1 Å². The van der Waals surface area contributed by atoms with Crippen molar-refractivity contribution in [2.24, 2.45) is 11.8 Å². The summed E-state index contributed by atoms with van der Waals surface area (Å²) in [5.41, 5.74) is 1.24. The Balaban J connectivity index is 1.08. The highest BCUT2D eigenvalue weighted by Gasteiger charge is 2.32. The van der Waals surface area contributed by atoms with Gasteiger partial charge in [0, 0.05) is 39.3 Å². The molecule has 1 aromatic carbocycles. The van der Waals surface area contributed by atoms with Crippen molar-refractivity contribution < 1.29 is 14.3 Å². The second-order valence-corrected chi connectivity index (χ2v) is 9.17. The number of piperidine rings is 1. The number of benzene rings is 1. The first kappa shape index (κ1) is 19.2. The first-order valence-corrected chi connectivity index (χ1v) is 11.4. The van der Waals surface area contributed by atoms with Crippen molar-refractivity contribution in [1.82, 2.24) is 14.7 Å². The molecule has 0 N–H and O–H groups in total. The second-order valence-electron chi connectivity index (χ2n) is 9.17. The smallest absolute Gasteiger partial charge is 0.236 e. The number of rotatable bonds is 4. The molecule has 0 radical (unpaired) electrons. The molecule has 3 aliphatic heterocycles. The second kappa shape index (κ2) is 8.52. The van der Waals surface area contributed by atoms with Crippen molar-refractivity contribution in [2.45, 2.75) is 38.6 Å². The molecule has 1 saturated carbocycles. The van der Waals surface area contributed by atoms with Gasteiger partial charge in [-0.05, 0) is 48.9 Å². The van der Waals surface area contributed by atoms with E-state index in [1.807, 2.05) is 6.07 Å². The quantitative estimate of drug-likeness (QED) is 0.779. The summed E-state index contributed by atoms with van der Waals surface area (Å²) >= 11 is 0. The van der Waals surface area contributed by atoms with Crippen LogP contribution in [0.5, 0.6) is 11.5 Å². The Morgan fingerprint density at radius 3 is 2.55 bits per heavy atom. The number of hydrogen-bond donors (Lipinski definition) is 0. The maximum absolute atomic E-state index is 12.9. The number of nitrogens with zero attached hydrogens (tertiary/aromatic N) is 3. The van der Waals surface area contributed by atoms with Crippen LogP contribution < -0.4 is 9.47 Å². The van der Waals surface area contributed by atoms with Gasteiger partial charge in [-0.25, -0.2) is 0 Å². The van der Waals surface area contributed by atoms with E-state index in [-0.39, 0.29) is 0 Å². The molecule has 158 valence electrons. The van der Waals surface area contributed by atoms with Gasteiger partial charge in [-0.1, -0.05) is 25.3 Å². The highest BCUT2D eigenvalue weighted by Crippen LogP contribution is 2.36. The van der Waals surface area contributed by atoms with Gasteiger partial charge in [-0.2, -0.15) is 0 Å². The third kappa shape index (κ3) is 4.38. The fraction of sp³-hybridized carbons (Fsp3) is 0.696. The van der Waals surface area contributed by atoms with Gasteiger partial charge in [0.25, 0.3) is 0 Å². The summed E-state index contributed by atoms with van der Waals surface area (Å²) in [5.74, 6) is 3.76. The van der Waals surface area contributed by atoms with Crippen LogP contribution in [0.25, 0.3) is 0 Å². The van der Waals surface area contributed by atoms with E-state index in [1.165, 1.54) is 37.7 Å². The SMILES string of the molecule is O=C(CN1CC[C@@H]2CCCC[C@@H]2C1)N1CCN(Cc2ccc3c(c2)OCO3)CC1. The molecule has 0 bridgehead atoms. The average Bonchev–Trinajstić information content (AvgIpc) is 3.22. The number of likely N-dealkylation sites (tertiary alicyclic amines) is 1. The van der Waals surface area contributed by atoms with E-state index in [9.17, 15) is 4.79 Å². The maximum atomic E-state index is 12.9. The van der Waals surface area contributed by atoms with E-state index in [1.54, 1.807) is 0 Å². The molecule has 2 saturated heterocycles. The normalized spacial score (nSPS) is 27.7. The summed E-state index contributed by atoms with van der Waals surface area (Å²) in [4.78, 5) is 19.8. The summed E-state index contributed by atoms with van der Waals surface area (Å²) in [6.07, 6.45) is 6.87. The van der Waals surface area contributed by atoms with Gasteiger partial charge in [0.05, 0.1) is 6.54 Å². The number of ether oxygens (including phenoxy) is 2. The van der Waals surface area contributed by atoms with Crippen molar-refractivity contribution in [2.75, 3.05) is 52.6 Å². The molecular formula is C23H33N3O3. The third-order valence-corrected chi connectivity index (χ3v) is 7.30. The lowest BCUT2D eigenvalue weighted by molar-refractivity contribution is -0.135. The Morgan fingerprint density at radius 2 is 1.69 bits per heavy atom. The van der Waals surface area contributed by atoms with Gasteiger partial charge in [-0.15, -0.1) is 0 Å². The molecule has 29 heavy (non-hydrogen) atoms. The Labute approximate surface area is 173 Å². The molecule has 3 heterocycles. The van der Waals surface area contributed by atoms with Crippen molar-refractivity contribution >= 4 is 5.91 Å². The van der Waals surface area contributed by atoms with E-state index in [4.69, 9.17) is 9.47 Å². The van der Waals surface area contributed by atoms with Crippen molar-refractivity contribution in [3.05, 3.63) is 23.8 Å². The third-order valence-electron chi connectivity index (χ3n) is 7.30. The Kier molecular flexibility index (Phi) is 5.64. The molecule has 3 fully saturated rings. The van der Waals surface area contributed by atoms with E-state index in [2.05, 4.69) is 26.8 Å². The summed E-state index contributed by atoms with van der Waals surface area (Å²) in [7, 11) is 0. The molecular weight excluding hydrogens is 366 g/mol. The molecule has 0 unspecified atom stereocenters. The van der Waals surface area contributed by atoms with Crippen LogP contribution in [0.3, 0.4) is 0 Å². The molecule has 1 aromatic rings. The van der Waals surface area contributed by atoms with Gasteiger partial charge in [0.2, 0.25) is 12.7 Å². The first-order chi connectivity index (χ1) is 14.2. The van der Waals surface area contributed by atoms with Crippen molar-refractivity contribution in [1.29, 1.82) is 0 Å². The summed E-state index contributed by atoms with van der Waals surface area (Å²) in [6.45, 7) is 7.62. The molecule has 4 aliphatic rings. The van der Waals surface area contributed by atoms with Crippen LogP contribution in [0.1, 0.15) is 37.7 Å². The average molecular weight is 400 g/mol. The van der Waals surface area contributed by atoms with Gasteiger partial charge >= 0.3 is 0 Å². The zero-order chi connectivity index (χ0) is 19.6. The van der Waals surface area contributed by atoms with Crippen LogP contribution in [-0.4, -0.2) is 73.2 Å². The predicted molar refractivity (Wildman–Crippen MR) is 111 cm³/mol. The lowest BCUT2D eigenvalue weighted by Crippen LogP contribution is -2.52. The highest BCUT2D eigenvalue weighted by atomic mass is 16.7. The Bertz CT molecular complexity index is 732. The van der Waals surface area contributed by atoms with Crippen molar-refractivity contribution in [3.8, 4) is 11.5 Å². The monoisotopic (exact) mass is 399 g/mol. The lowest BCUT2D eigenvalue weighted by atomic mass is 9.75. The zero-order valence-corrected chi connectivity index (χ0v) is 17.4. The van der Waals surface area contributed by atoms with Gasteiger partial charge in [0.15, 0.2) is 11.5 Å². The number of fused-ring (bicyclic) bond motifs is 2. The fourth-order valence-electron chi connectivity index (χ4n) is 5.56. The zero-order valence-electron chi connectivity index (χ0n) is 17.4. The van der Waals surface area contributed by atoms with E-state index in [0.29, 0.717) is 19.2 Å². The van der Waals surface area contributed by atoms with E-state index >= 15 is 0 Å². The van der Waals surface area contributed by atoms with Crippen LogP contribution in [0, 0.1) is 11.8 Å². The van der Waals surface area contributed by atoms with Crippen LogP contribution in [0.4, 0.5) is 0 Å². The predicted octanol–water partition coefficient (Wildman–Crippen LogP) is 2.57. The molecule has 1 amide bonds. The minimum absolute atomic E-state index is 0.317. The summed E-state index contributed by atoms with van der Waals surface area (Å²) in [6, 6.07) is 6.18. The topological polar surface area (TPSA) is 45.3 Å². The maximum Gasteiger partial charge on any atom is 0.236 e. The number of carbonyl (C=O) groups is 1. The van der Waals surface area contributed by atoms with Crippen LogP contribution in [0.2, 0.25) is 0 Å². The lowest BCUT2D eigenvalue weighted by Gasteiger charge is -2.42. The van der Waals surface area contributed by atoms with Crippen LogP contribution in [-0.2, 0) is 11.3 Å².